The number of likely N-dealkylation sites (N-methyl/N-ethyl adjacent to an activating group) is 1. The van der Waals surface area contributed by atoms with Crippen molar-refractivity contribution in [2.45, 2.75) is 59.0 Å². The second-order valence-corrected chi connectivity index (χ2v) is 4.75. The summed E-state index contributed by atoms with van der Waals surface area (Å²) < 4.78 is 0. The van der Waals surface area contributed by atoms with E-state index < -0.39 is 11.5 Å². The van der Waals surface area contributed by atoms with Gasteiger partial charge in [-0.15, -0.1) is 0 Å². The van der Waals surface area contributed by atoms with Gasteiger partial charge in [-0.1, -0.05) is 13.3 Å². The molecule has 2 amide bonds. The van der Waals surface area contributed by atoms with Crippen molar-refractivity contribution in [3.63, 3.8) is 0 Å². The fourth-order valence-electron chi connectivity index (χ4n) is 1.70. The van der Waals surface area contributed by atoms with E-state index in [-0.39, 0.29) is 12.1 Å². The summed E-state index contributed by atoms with van der Waals surface area (Å²) in [5, 5.41) is 11.9. The Morgan fingerprint density at radius 1 is 1.35 bits per heavy atom. The average molecular weight is 244 g/mol. The molecule has 0 radical (unpaired) electrons. The summed E-state index contributed by atoms with van der Waals surface area (Å²) in [5.41, 5.74) is -1.19. The Balaban J connectivity index is 4.67. The van der Waals surface area contributed by atoms with Crippen molar-refractivity contribution in [3.05, 3.63) is 0 Å². The van der Waals surface area contributed by atoms with Crippen molar-refractivity contribution in [2.75, 3.05) is 6.54 Å². The van der Waals surface area contributed by atoms with Crippen molar-refractivity contribution in [3.8, 4) is 0 Å². The van der Waals surface area contributed by atoms with Crippen LogP contribution in [-0.4, -0.2) is 40.1 Å². The summed E-state index contributed by atoms with van der Waals surface area (Å²) in [5.74, 6) is -1.00. The van der Waals surface area contributed by atoms with E-state index in [1.807, 2.05) is 13.8 Å². The highest BCUT2D eigenvalue weighted by atomic mass is 16.4. The van der Waals surface area contributed by atoms with E-state index in [1.54, 1.807) is 6.92 Å². The summed E-state index contributed by atoms with van der Waals surface area (Å²) in [6.07, 6.45) is 1.87. The Kier molecular flexibility index (Phi) is 5.99. The van der Waals surface area contributed by atoms with Crippen LogP contribution in [0.15, 0.2) is 0 Å². The van der Waals surface area contributed by atoms with Crippen LogP contribution in [0.5, 0.6) is 0 Å². The molecule has 0 aromatic heterocycles. The number of aliphatic carboxylic acids is 1. The van der Waals surface area contributed by atoms with Gasteiger partial charge in [0.15, 0.2) is 0 Å². The van der Waals surface area contributed by atoms with E-state index in [1.165, 1.54) is 18.7 Å². The lowest BCUT2D eigenvalue weighted by Crippen LogP contribution is -2.57. The van der Waals surface area contributed by atoms with Gasteiger partial charge in [0, 0.05) is 12.6 Å². The van der Waals surface area contributed by atoms with Crippen LogP contribution >= 0.6 is 0 Å². The highest BCUT2D eigenvalue weighted by Crippen LogP contribution is 2.15. The number of hydrogen-bond donors (Lipinski definition) is 2. The van der Waals surface area contributed by atoms with E-state index in [9.17, 15) is 9.59 Å². The SMILES string of the molecule is CCCC(C)NC(=O)N(CC)C(C)(C)C(=O)O. The number of rotatable bonds is 6. The zero-order chi connectivity index (χ0) is 13.6. The van der Waals surface area contributed by atoms with Crippen molar-refractivity contribution in [2.24, 2.45) is 0 Å². The molecule has 0 fully saturated rings. The van der Waals surface area contributed by atoms with Crippen LogP contribution in [-0.2, 0) is 4.79 Å². The molecule has 0 aromatic rings. The maximum Gasteiger partial charge on any atom is 0.329 e. The van der Waals surface area contributed by atoms with E-state index in [0.29, 0.717) is 6.54 Å². The molecule has 0 bridgehead atoms. The van der Waals surface area contributed by atoms with Gasteiger partial charge in [0.1, 0.15) is 5.54 Å². The van der Waals surface area contributed by atoms with Crippen LogP contribution in [0, 0.1) is 0 Å². The Hall–Kier alpha value is -1.26. The van der Waals surface area contributed by atoms with E-state index >= 15 is 0 Å². The monoisotopic (exact) mass is 244 g/mol. The molecule has 1 atom stereocenters. The smallest absolute Gasteiger partial charge is 0.329 e. The van der Waals surface area contributed by atoms with E-state index in [4.69, 9.17) is 5.11 Å². The summed E-state index contributed by atoms with van der Waals surface area (Å²) in [4.78, 5) is 24.4. The summed E-state index contributed by atoms with van der Waals surface area (Å²) in [6, 6.07) is -0.257. The first kappa shape index (κ1) is 15.7. The third kappa shape index (κ3) is 4.24. The Labute approximate surface area is 103 Å². The lowest BCUT2D eigenvalue weighted by atomic mass is 10.0. The molecule has 0 saturated heterocycles. The third-order valence-corrected chi connectivity index (χ3v) is 2.85. The molecular formula is C12H24N2O3. The molecule has 2 N–H and O–H groups in total. The van der Waals surface area contributed by atoms with Crippen molar-refractivity contribution in [1.29, 1.82) is 0 Å². The van der Waals surface area contributed by atoms with Crippen LogP contribution in [0.25, 0.3) is 0 Å². The second-order valence-electron chi connectivity index (χ2n) is 4.75. The highest BCUT2D eigenvalue weighted by molar-refractivity contribution is 5.85. The third-order valence-electron chi connectivity index (χ3n) is 2.85. The van der Waals surface area contributed by atoms with Crippen LogP contribution in [0.2, 0.25) is 0 Å². The first-order valence-electron chi connectivity index (χ1n) is 6.08. The number of nitrogens with one attached hydrogen (secondary N) is 1. The van der Waals surface area contributed by atoms with Crippen molar-refractivity contribution >= 4 is 12.0 Å². The van der Waals surface area contributed by atoms with Gasteiger partial charge in [-0.25, -0.2) is 9.59 Å². The first-order chi connectivity index (χ1) is 7.77. The lowest BCUT2D eigenvalue weighted by molar-refractivity contribution is -0.147. The van der Waals surface area contributed by atoms with Gasteiger partial charge in [-0.3, -0.25) is 0 Å². The van der Waals surface area contributed by atoms with Crippen LogP contribution in [0.4, 0.5) is 4.79 Å². The molecule has 5 heteroatoms. The van der Waals surface area contributed by atoms with E-state index in [2.05, 4.69) is 5.32 Å². The molecule has 17 heavy (non-hydrogen) atoms. The minimum absolute atomic E-state index is 0.0612. The van der Waals surface area contributed by atoms with Crippen LogP contribution < -0.4 is 5.32 Å². The second kappa shape index (κ2) is 6.47. The van der Waals surface area contributed by atoms with Crippen LogP contribution in [0.1, 0.15) is 47.5 Å². The van der Waals surface area contributed by atoms with Gasteiger partial charge >= 0.3 is 12.0 Å². The molecule has 0 saturated carbocycles. The number of carbonyl (C=O) groups excluding carboxylic acids is 1. The number of nitrogens with zero attached hydrogens (tertiary/aromatic N) is 1. The Morgan fingerprint density at radius 3 is 2.24 bits per heavy atom. The number of carbonyl (C=O) groups is 2. The quantitative estimate of drug-likeness (QED) is 0.751. The van der Waals surface area contributed by atoms with Crippen molar-refractivity contribution < 1.29 is 14.7 Å². The fraction of sp³-hybridized carbons (Fsp3) is 0.833. The standard InChI is InChI=1S/C12H24N2O3/c1-6-8-9(3)13-11(17)14(7-2)12(4,5)10(15)16/h9H,6-8H2,1-5H3,(H,13,17)(H,15,16). The minimum atomic E-state index is -1.19. The number of hydrogen-bond acceptors (Lipinski definition) is 2. The molecule has 0 aromatic carbocycles. The lowest BCUT2D eigenvalue weighted by Gasteiger charge is -2.35. The maximum atomic E-state index is 12.0. The molecule has 100 valence electrons. The normalized spacial score (nSPS) is 13.0. The molecule has 0 aliphatic rings. The molecule has 0 aliphatic heterocycles. The molecule has 0 rings (SSSR count). The molecule has 0 aliphatic carbocycles. The molecule has 1 unspecified atom stereocenters. The molecular weight excluding hydrogens is 220 g/mol. The van der Waals surface area contributed by atoms with Gasteiger partial charge in [0.05, 0.1) is 0 Å². The number of carboxylic acids is 1. The molecule has 0 heterocycles. The van der Waals surface area contributed by atoms with Crippen LogP contribution in [0.3, 0.4) is 0 Å². The fourth-order valence-corrected chi connectivity index (χ4v) is 1.70. The van der Waals surface area contributed by atoms with E-state index in [0.717, 1.165) is 12.8 Å². The molecule has 0 spiro atoms. The topological polar surface area (TPSA) is 69.6 Å². The summed E-state index contributed by atoms with van der Waals surface area (Å²) in [6.45, 7) is 9.16. The first-order valence-corrected chi connectivity index (χ1v) is 6.08. The summed E-state index contributed by atoms with van der Waals surface area (Å²) >= 11 is 0. The largest absolute Gasteiger partial charge is 0.480 e. The Bertz CT molecular complexity index is 277. The average Bonchev–Trinajstić information content (AvgIpc) is 2.17. The number of carboxylic acid groups (broad SMARTS) is 1. The van der Waals surface area contributed by atoms with Gasteiger partial charge in [-0.05, 0) is 34.1 Å². The van der Waals surface area contributed by atoms with Gasteiger partial charge in [-0.2, -0.15) is 0 Å². The predicted octanol–water partition coefficient (Wildman–Crippen LogP) is 2.07. The van der Waals surface area contributed by atoms with Gasteiger partial charge in [0.25, 0.3) is 0 Å². The maximum absolute atomic E-state index is 12.0. The minimum Gasteiger partial charge on any atom is -0.480 e. The number of amides is 2. The van der Waals surface area contributed by atoms with Crippen molar-refractivity contribution in [1.82, 2.24) is 10.2 Å². The summed E-state index contributed by atoms with van der Waals surface area (Å²) in [7, 11) is 0. The zero-order valence-corrected chi connectivity index (χ0v) is 11.4. The van der Waals surface area contributed by atoms with Gasteiger partial charge < -0.3 is 15.3 Å². The van der Waals surface area contributed by atoms with Gasteiger partial charge in [0.2, 0.25) is 0 Å². The highest BCUT2D eigenvalue weighted by Gasteiger charge is 2.37. The number of urea groups is 1. The Morgan fingerprint density at radius 2 is 1.88 bits per heavy atom. The molecule has 5 nitrogen and oxygen atoms in total. The zero-order valence-electron chi connectivity index (χ0n) is 11.4. The predicted molar refractivity (Wildman–Crippen MR) is 67.0 cm³/mol.